The normalized spacial score (nSPS) is 10.7. The van der Waals surface area contributed by atoms with Crippen molar-refractivity contribution in [2.45, 2.75) is 44.9 Å². The lowest BCUT2D eigenvalue weighted by atomic mass is 10.1. The third kappa shape index (κ3) is 6.94. The lowest BCUT2D eigenvalue weighted by molar-refractivity contribution is -0.113. The lowest BCUT2D eigenvalue weighted by Gasteiger charge is -2.05. The van der Waals surface area contributed by atoms with Crippen LogP contribution in [0.2, 0.25) is 0 Å². The molecule has 0 spiro atoms. The number of benzene rings is 2. The molecule has 1 N–H and O–H groups in total. The quantitative estimate of drug-likeness (QED) is 0.472. The number of unbranched alkanes of at least 4 members (excludes halogenated alkanes) is 1. The molecule has 1 heterocycles. The summed E-state index contributed by atoms with van der Waals surface area (Å²) in [6.07, 6.45) is 3.41. The molecule has 0 fully saturated rings. The molecule has 29 heavy (non-hydrogen) atoms. The summed E-state index contributed by atoms with van der Waals surface area (Å²) < 4.78 is 11.2. The van der Waals surface area contributed by atoms with Crippen molar-refractivity contribution in [2.24, 2.45) is 0 Å². The number of aryl methyl sites for hydroxylation is 2. The Bertz CT molecular complexity index is 925. The average Bonchev–Trinajstić information content (AvgIpc) is 3.18. The van der Waals surface area contributed by atoms with E-state index in [1.54, 1.807) is 0 Å². The first-order valence-corrected chi connectivity index (χ1v) is 10.6. The van der Waals surface area contributed by atoms with Gasteiger partial charge in [0.15, 0.2) is 6.61 Å². The van der Waals surface area contributed by atoms with E-state index in [9.17, 15) is 4.79 Å². The number of nitrogens with zero attached hydrogens (tertiary/aromatic N) is 2. The van der Waals surface area contributed by atoms with E-state index in [0.717, 1.165) is 23.4 Å². The molecule has 0 saturated carbocycles. The van der Waals surface area contributed by atoms with Gasteiger partial charge in [-0.3, -0.25) is 4.79 Å². The van der Waals surface area contributed by atoms with Gasteiger partial charge in [0.25, 0.3) is 11.1 Å². The summed E-state index contributed by atoms with van der Waals surface area (Å²) in [4.78, 5) is 12.1. The molecule has 3 rings (SSSR count). The second-order valence-corrected chi connectivity index (χ2v) is 7.63. The summed E-state index contributed by atoms with van der Waals surface area (Å²) in [6, 6.07) is 15.7. The van der Waals surface area contributed by atoms with E-state index >= 15 is 0 Å². The van der Waals surface area contributed by atoms with E-state index in [0.29, 0.717) is 11.1 Å². The number of hydrogen-bond donors (Lipinski definition) is 1. The molecule has 6 nitrogen and oxygen atoms in total. The summed E-state index contributed by atoms with van der Waals surface area (Å²) in [7, 11) is 0. The highest BCUT2D eigenvalue weighted by Crippen LogP contribution is 2.19. The number of amides is 1. The maximum absolute atomic E-state index is 12.1. The van der Waals surface area contributed by atoms with E-state index in [1.807, 2.05) is 43.3 Å². The molecule has 2 aromatic carbocycles. The van der Waals surface area contributed by atoms with Crippen molar-refractivity contribution in [1.29, 1.82) is 0 Å². The highest BCUT2D eigenvalue weighted by molar-refractivity contribution is 7.99. The van der Waals surface area contributed by atoms with Crippen LogP contribution in [0.3, 0.4) is 0 Å². The van der Waals surface area contributed by atoms with Crippen LogP contribution in [0, 0.1) is 6.92 Å². The van der Waals surface area contributed by atoms with Crippen LogP contribution < -0.4 is 10.1 Å². The van der Waals surface area contributed by atoms with E-state index in [1.165, 1.54) is 30.2 Å². The zero-order valence-corrected chi connectivity index (χ0v) is 17.5. The summed E-state index contributed by atoms with van der Waals surface area (Å²) >= 11 is 1.20. The Morgan fingerprint density at radius 3 is 2.76 bits per heavy atom. The monoisotopic (exact) mass is 411 g/mol. The van der Waals surface area contributed by atoms with Crippen LogP contribution in [0.5, 0.6) is 5.75 Å². The van der Waals surface area contributed by atoms with Crippen LogP contribution in [-0.4, -0.2) is 21.9 Å². The minimum absolute atomic E-state index is 0.118. The Labute approximate surface area is 175 Å². The molecular formula is C22H25N3O3S. The Hall–Kier alpha value is -2.80. The fourth-order valence-electron chi connectivity index (χ4n) is 2.67. The van der Waals surface area contributed by atoms with Crippen LogP contribution >= 0.6 is 11.8 Å². The SMILES string of the molecule is CCCCc1ccc(NC(=O)CSc2nnc(COc3cccc(C)c3)o2)cc1. The summed E-state index contributed by atoms with van der Waals surface area (Å²) in [5, 5.41) is 11.1. The topological polar surface area (TPSA) is 77.2 Å². The molecule has 0 unspecified atom stereocenters. The number of rotatable bonds is 10. The molecule has 3 aromatic rings. The van der Waals surface area contributed by atoms with Gasteiger partial charge in [0.2, 0.25) is 5.91 Å². The number of ether oxygens (including phenoxy) is 1. The highest BCUT2D eigenvalue weighted by Gasteiger charge is 2.11. The van der Waals surface area contributed by atoms with Gasteiger partial charge in [0, 0.05) is 5.69 Å². The Balaban J connectivity index is 1.42. The van der Waals surface area contributed by atoms with Gasteiger partial charge in [-0.25, -0.2) is 0 Å². The summed E-state index contributed by atoms with van der Waals surface area (Å²) in [6.45, 7) is 4.36. The smallest absolute Gasteiger partial charge is 0.277 e. The maximum Gasteiger partial charge on any atom is 0.277 e. The van der Waals surface area contributed by atoms with Gasteiger partial charge in [-0.2, -0.15) is 0 Å². The summed E-state index contributed by atoms with van der Waals surface area (Å²) in [5.74, 6) is 1.19. The van der Waals surface area contributed by atoms with Gasteiger partial charge >= 0.3 is 0 Å². The first-order chi connectivity index (χ1) is 14.1. The van der Waals surface area contributed by atoms with Crippen LogP contribution in [-0.2, 0) is 17.8 Å². The minimum Gasteiger partial charge on any atom is -0.484 e. The molecule has 1 aromatic heterocycles. The van der Waals surface area contributed by atoms with Crippen molar-refractivity contribution in [3.63, 3.8) is 0 Å². The third-order valence-corrected chi connectivity index (χ3v) is 5.00. The molecule has 0 bridgehead atoms. The van der Waals surface area contributed by atoms with Crippen LogP contribution in [0.25, 0.3) is 0 Å². The number of nitrogens with one attached hydrogen (secondary N) is 1. The standard InChI is InChI=1S/C22H25N3O3S/c1-3-4-7-17-9-11-18(12-10-17)23-20(26)15-29-22-25-24-21(28-22)14-27-19-8-5-6-16(2)13-19/h5-6,8-13H,3-4,7,14-15H2,1-2H3,(H,23,26). The Morgan fingerprint density at radius 2 is 2.00 bits per heavy atom. The van der Waals surface area contributed by atoms with Crippen LogP contribution in [0.4, 0.5) is 5.69 Å². The average molecular weight is 412 g/mol. The van der Waals surface area contributed by atoms with Gasteiger partial charge < -0.3 is 14.5 Å². The molecule has 152 valence electrons. The maximum atomic E-state index is 12.1. The molecule has 1 amide bonds. The van der Waals surface area contributed by atoms with E-state index in [4.69, 9.17) is 9.15 Å². The molecule has 0 radical (unpaired) electrons. The Kier molecular flexibility index (Phi) is 7.69. The zero-order chi connectivity index (χ0) is 20.5. The minimum atomic E-state index is -0.118. The van der Waals surface area contributed by atoms with Crippen molar-refractivity contribution in [2.75, 3.05) is 11.1 Å². The molecule has 0 aliphatic heterocycles. The molecule has 7 heteroatoms. The summed E-state index contributed by atoms with van der Waals surface area (Å²) in [5.41, 5.74) is 3.19. The molecule has 0 aliphatic rings. The number of carbonyl (C=O) groups excluding carboxylic acids is 1. The van der Waals surface area contributed by atoms with Crippen molar-refractivity contribution in [3.05, 3.63) is 65.5 Å². The highest BCUT2D eigenvalue weighted by atomic mass is 32.2. The second-order valence-electron chi connectivity index (χ2n) is 6.70. The number of hydrogen-bond acceptors (Lipinski definition) is 6. The van der Waals surface area contributed by atoms with Gasteiger partial charge in [0.1, 0.15) is 5.75 Å². The largest absolute Gasteiger partial charge is 0.484 e. The van der Waals surface area contributed by atoms with E-state index in [-0.39, 0.29) is 18.3 Å². The van der Waals surface area contributed by atoms with Crippen molar-refractivity contribution in [1.82, 2.24) is 10.2 Å². The van der Waals surface area contributed by atoms with Gasteiger partial charge in [-0.05, 0) is 55.2 Å². The first kappa shape index (κ1) is 20.9. The predicted molar refractivity (Wildman–Crippen MR) is 114 cm³/mol. The second kappa shape index (κ2) is 10.7. The van der Waals surface area contributed by atoms with Crippen LogP contribution in [0.1, 0.15) is 36.8 Å². The number of anilines is 1. The van der Waals surface area contributed by atoms with Crippen molar-refractivity contribution < 1.29 is 13.9 Å². The fraction of sp³-hybridized carbons (Fsp3) is 0.318. The van der Waals surface area contributed by atoms with E-state index < -0.39 is 0 Å². The Morgan fingerprint density at radius 1 is 1.17 bits per heavy atom. The molecule has 0 atom stereocenters. The zero-order valence-electron chi connectivity index (χ0n) is 16.7. The van der Waals surface area contributed by atoms with Gasteiger partial charge in [0.05, 0.1) is 5.75 Å². The number of carbonyl (C=O) groups is 1. The van der Waals surface area contributed by atoms with Crippen LogP contribution in [0.15, 0.2) is 58.2 Å². The van der Waals surface area contributed by atoms with Gasteiger partial charge in [-0.15, -0.1) is 10.2 Å². The third-order valence-electron chi connectivity index (χ3n) is 4.18. The van der Waals surface area contributed by atoms with Gasteiger partial charge in [-0.1, -0.05) is 49.4 Å². The fourth-order valence-corrected chi connectivity index (χ4v) is 3.25. The molecule has 0 aliphatic carbocycles. The number of thioether (sulfide) groups is 1. The number of aromatic nitrogens is 2. The van der Waals surface area contributed by atoms with Crippen molar-refractivity contribution in [3.8, 4) is 5.75 Å². The van der Waals surface area contributed by atoms with Crippen molar-refractivity contribution >= 4 is 23.4 Å². The first-order valence-electron chi connectivity index (χ1n) is 9.66. The molecular weight excluding hydrogens is 386 g/mol. The predicted octanol–water partition coefficient (Wildman–Crippen LogP) is 5.03. The van der Waals surface area contributed by atoms with E-state index in [2.05, 4.69) is 34.6 Å². The molecule has 0 saturated heterocycles. The lowest BCUT2D eigenvalue weighted by Crippen LogP contribution is -2.13.